The molecule has 5 rings (SSSR count). The van der Waals surface area contributed by atoms with Crippen molar-refractivity contribution in [3.63, 3.8) is 0 Å². The molecular weight excluding hydrogens is 426 g/mol. The van der Waals surface area contributed by atoms with Crippen LogP contribution in [0.3, 0.4) is 0 Å². The summed E-state index contributed by atoms with van der Waals surface area (Å²) in [5.74, 6) is 0.671. The van der Waals surface area contributed by atoms with Crippen LogP contribution in [0, 0.1) is 0 Å². The molecule has 10 heteroatoms. The lowest BCUT2D eigenvalue weighted by Crippen LogP contribution is -2.16. The van der Waals surface area contributed by atoms with Gasteiger partial charge in [-0.2, -0.15) is 9.67 Å². The van der Waals surface area contributed by atoms with Gasteiger partial charge in [-0.25, -0.2) is 4.98 Å². The van der Waals surface area contributed by atoms with Crippen molar-refractivity contribution in [1.82, 2.24) is 24.3 Å². The normalized spacial score (nSPS) is 11.0. The first-order valence-corrected chi connectivity index (χ1v) is 10.7. The molecule has 0 fully saturated rings. The van der Waals surface area contributed by atoms with Crippen molar-refractivity contribution in [2.75, 3.05) is 17.7 Å². The fourth-order valence-corrected chi connectivity index (χ4v) is 3.99. The zero-order valence-electron chi connectivity index (χ0n) is 16.9. The first-order valence-electron chi connectivity index (χ1n) is 9.86. The van der Waals surface area contributed by atoms with E-state index in [1.807, 2.05) is 58.6 Å². The third kappa shape index (κ3) is 4.16. The van der Waals surface area contributed by atoms with Gasteiger partial charge >= 0.3 is 0 Å². The number of ether oxygens (including phenoxy) is 1. The van der Waals surface area contributed by atoms with E-state index in [0.717, 1.165) is 21.5 Å². The molecule has 0 atom stereocenters. The first kappa shape index (κ1) is 19.8. The molecule has 0 spiro atoms. The Kier molecular flexibility index (Phi) is 5.26. The molecule has 0 aliphatic heterocycles. The number of fused-ring (bicyclic) bond motifs is 1. The van der Waals surface area contributed by atoms with Gasteiger partial charge < -0.3 is 20.4 Å². The second-order valence-electron chi connectivity index (χ2n) is 6.98. The predicted octanol–water partition coefficient (Wildman–Crippen LogP) is 3.78. The van der Waals surface area contributed by atoms with Crippen molar-refractivity contribution in [2.24, 2.45) is 0 Å². The number of imidazole rings is 1. The van der Waals surface area contributed by atoms with E-state index in [0.29, 0.717) is 18.7 Å². The molecular formula is C22H19N7O2S. The molecule has 0 saturated heterocycles. The second-order valence-corrected chi connectivity index (χ2v) is 7.93. The molecule has 0 aliphatic carbocycles. The van der Waals surface area contributed by atoms with E-state index in [1.165, 1.54) is 4.68 Å². The highest BCUT2D eigenvalue weighted by molar-refractivity contribution is 7.17. The molecule has 9 nitrogen and oxygen atoms in total. The summed E-state index contributed by atoms with van der Waals surface area (Å²) in [6.07, 6.45) is 5.37. The Labute approximate surface area is 187 Å². The molecule has 5 aromatic rings. The molecule has 0 aliphatic rings. The van der Waals surface area contributed by atoms with Crippen molar-refractivity contribution in [3.05, 3.63) is 78.2 Å². The van der Waals surface area contributed by atoms with Crippen molar-refractivity contribution < 1.29 is 9.53 Å². The summed E-state index contributed by atoms with van der Waals surface area (Å²) >= 11 is 1.63. The highest BCUT2D eigenvalue weighted by Crippen LogP contribution is 2.24. The fraction of sp³-hybridized carbons (Fsp3) is 0.0909. The van der Waals surface area contributed by atoms with Gasteiger partial charge in [0.1, 0.15) is 12.4 Å². The van der Waals surface area contributed by atoms with Gasteiger partial charge in [0.05, 0.1) is 12.9 Å². The maximum absolute atomic E-state index is 13.0. The smallest absolute Gasteiger partial charge is 0.281 e. The lowest BCUT2D eigenvalue weighted by molar-refractivity contribution is 0.0948. The summed E-state index contributed by atoms with van der Waals surface area (Å²) in [4.78, 5) is 21.2. The van der Waals surface area contributed by atoms with E-state index < -0.39 is 0 Å². The lowest BCUT2D eigenvalue weighted by Gasteiger charge is -2.09. The summed E-state index contributed by atoms with van der Waals surface area (Å²) in [6, 6.07) is 14.9. The van der Waals surface area contributed by atoms with Crippen LogP contribution in [0.15, 0.2) is 72.6 Å². The number of carbonyl (C=O) groups is 1. The molecule has 3 aromatic heterocycles. The number of thiophene rings is 1. The Hall–Kier alpha value is -4.18. The second kappa shape index (κ2) is 8.52. The molecule has 32 heavy (non-hydrogen) atoms. The molecule has 3 heterocycles. The number of nitrogen functional groups attached to an aromatic ring is 1. The van der Waals surface area contributed by atoms with Crippen LogP contribution in [0.5, 0.6) is 5.75 Å². The quantitative estimate of drug-likeness (QED) is 0.392. The minimum atomic E-state index is -0.316. The number of nitrogens with two attached hydrogens (primary N) is 1. The number of aromatic nitrogens is 5. The average molecular weight is 446 g/mol. The monoisotopic (exact) mass is 445 g/mol. The maximum Gasteiger partial charge on any atom is 0.281 e. The zero-order valence-corrected chi connectivity index (χ0v) is 17.7. The number of hydrogen-bond acceptors (Lipinski definition) is 8. The molecule has 160 valence electrons. The van der Waals surface area contributed by atoms with Gasteiger partial charge in [0, 0.05) is 28.3 Å². The lowest BCUT2D eigenvalue weighted by atomic mass is 10.1. The Morgan fingerprint density at radius 2 is 2.03 bits per heavy atom. The van der Waals surface area contributed by atoms with Crippen molar-refractivity contribution >= 4 is 44.9 Å². The van der Waals surface area contributed by atoms with Gasteiger partial charge in [-0.3, -0.25) is 4.79 Å². The summed E-state index contributed by atoms with van der Waals surface area (Å²) in [5, 5.41) is 10.2. The zero-order chi connectivity index (χ0) is 21.9. The van der Waals surface area contributed by atoms with E-state index >= 15 is 0 Å². The van der Waals surface area contributed by atoms with Crippen LogP contribution in [0.2, 0.25) is 0 Å². The standard InChI is InChI=1S/C22H19N7O2S/c23-21-26-22(29(27-21)20(30)16-1-6-19-15(13-16)7-12-32-19)25-17-2-4-18(5-3-17)31-11-10-28-9-8-24-14-28/h1-9,12-14H,10-11H2,(H3,23,25,26,27). The molecule has 0 bridgehead atoms. The number of rotatable bonds is 7. The highest BCUT2D eigenvalue weighted by Gasteiger charge is 2.18. The minimum absolute atomic E-state index is 0.0110. The van der Waals surface area contributed by atoms with Crippen molar-refractivity contribution in [2.45, 2.75) is 6.54 Å². The van der Waals surface area contributed by atoms with Crippen LogP contribution in [0.1, 0.15) is 10.4 Å². The average Bonchev–Trinajstić information content (AvgIpc) is 3.55. The van der Waals surface area contributed by atoms with Gasteiger partial charge in [-0.15, -0.1) is 16.4 Å². The van der Waals surface area contributed by atoms with Crippen LogP contribution in [0.4, 0.5) is 17.6 Å². The van der Waals surface area contributed by atoms with Crippen LogP contribution in [0.25, 0.3) is 10.1 Å². The topological polar surface area (TPSA) is 113 Å². The predicted molar refractivity (Wildman–Crippen MR) is 123 cm³/mol. The largest absolute Gasteiger partial charge is 0.492 e. The number of nitrogens with zero attached hydrogens (tertiary/aromatic N) is 5. The van der Waals surface area contributed by atoms with Crippen LogP contribution in [-0.2, 0) is 6.54 Å². The summed E-state index contributed by atoms with van der Waals surface area (Å²) < 4.78 is 9.99. The van der Waals surface area contributed by atoms with Crippen molar-refractivity contribution in [3.8, 4) is 5.75 Å². The van der Waals surface area contributed by atoms with E-state index in [1.54, 1.807) is 29.9 Å². The minimum Gasteiger partial charge on any atom is -0.492 e. The molecule has 3 N–H and O–H groups in total. The molecule has 0 radical (unpaired) electrons. The number of benzene rings is 2. The van der Waals surface area contributed by atoms with E-state index in [4.69, 9.17) is 10.5 Å². The maximum atomic E-state index is 13.0. The summed E-state index contributed by atoms with van der Waals surface area (Å²) in [5.41, 5.74) is 7.01. The van der Waals surface area contributed by atoms with Crippen LogP contribution < -0.4 is 15.8 Å². The van der Waals surface area contributed by atoms with Gasteiger partial charge in [0.15, 0.2) is 0 Å². The third-order valence-electron chi connectivity index (χ3n) is 4.80. The van der Waals surface area contributed by atoms with Crippen LogP contribution in [-0.4, -0.2) is 36.8 Å². The Morgan fingerprint density at radius 3 is 2.84 bits per heavy atom. The Morgan fingerprint density at radius 1 is 1.16 bits per heavy atom. The molecule has 0 amide bonds. The van der Waals surface area contributed by atoms with E-state index in [2.05, 4.69) is 20.4 Å². The number of nitrogens with one attached hydrogen (secondary N) is 1. The summed E-state index contributed by atoms with van der Waals surface area (Å²) in [7, 11) is 0. The van der Waals surface area contributed by atoms with Crippen molar-refractivity contribution in [1.29, 1.82) is 0 Å². The van der Waals surface area contributed by atoms with Gasteiger partial charge in [0.25, 0.3) is 5.91 Å². The molecule has 0 unspecified atom stereocenters. The number of hydrogen-bond donors (Lipinski definition) is 2. The summed E-state index contributed by atoms with van der Waals surface area (Å²) in [6.45, 7) is 1.23. The van der Waals surface area contributed by atoms with Gasteiger partial charge in [0.2, 0.25) is 11.9 Å². The van der Waals surface area contributed by atoms with E-state index in [9.17, 15) is 4.79 Å². The molecule has 2 aromatic carbocycles. The fourth-order valence-electron chi connectivity index (χ4n) is 3.22. The SMILES string of the molecule is Nc1nc(Nc2ccc(OCCn3ccnc3)cc2)n(C(=O)c2ccc3sccc3c2)n1. The van der Waals surface area contributed by atoms with Gasteiger partial charge in [-0.1, -0.05) is 0 Å². The Bertz CT molecular complexity index is 1360. The highest BCUT2D eigenvalue weighted by atomic mass is 32.1. The first-order chi connectivity index (χ1) is 15.7. The van der Waals surface area contributed by atoms with E-state index in [-0.39, 0.29) is 17.8 Å². The number of anilines is 3. The Balaban J connectivity index is 1.28. The molecule has 0 saturated carbocycles. The number of carbonyl (C=O) groups excluding carboxylic acids is 1. The van der Waals surface area contributed by atoms with Crippen LogP contribution >= 0.6 is 11.3 Å². The third-order valence-corrected chi connectivity index (χ3v) is 5.70. The van der Waals surface area contributed by atoms with Gasteiger partial charge in [-0.05, 0) is 59.3 Å².